The van der Waals surface area contributed by atoms with Crippen molar-refractivity contribution in [2.75, 3.05) is 0 Å². The minimum atomic E-state index is -0.244. The van der Waals surface area contributed by atoms with Crippen LogP contribution in [0.1, 0.15) is 19.4 Å². The Balaban J connectivity index is 2.17. The maximum Gasteiger partial charge on any atom is 0.133 e. The fraction of sp³-hybridized carbons (Fsp3) is 0.294. The van der Waals surface area contributed by atoms with Gasteiger partial charge in [-0.3, -0.25) is 9.97 Å². The predicted octanol–water partition coefficient (Wildman–Crippen LogP) is 4.26. The first kappa shape index (κ1) is 13.0. The van der Waals surface area contributed by atoms with Crippen LogP contribution in [0.15, 0.2) is 36.7 Å². The zero-order chi connectivity index (χ0) is 14.6. The zero-order valence-electron chi connectivity index (χ0n) is 11.9. The molecular formula is C17H15BrN2O. The molecular weight excluding hydrogens is 328 g/mol. The van der Waals surface area contributed by atoms with Gasteiger partial charge in [-0.25, -0.2) is 0 Å². The Hall–Kier alpha value is -1.68. The van der Waals surface area contributed by atoms with Crippen LogP contribution in [-0.4, -0.2) is 20.4 Å². The Morgan fingerprint density at radius 1 is 1.10 bits per heavy atom. The maximum absolute atomic E-state index is 6.34. The Morgan fingerprint density at radius 2 is 1.76 bits per heavy atom. The Kier molecular flexibility index (Phi) is 2.73. The van der Waals surface area contributed by atoms with Crippen molar-refractivity contribution >= 4 is 37.7 Å². The summed E-state index contributed by atoms with van der Waals surface area (Å²) in [6.45, 7) is 4.23. The van der Waals surface area contributed by atoms with Gasteiger partial charge in [-0.2, -0.15) is 0 Å². The lowest BCUT2D eigenvalue weighted by molar-refractivity contribution is 0.0962. The Morgan fingerprint density at radius 3 is 2.52 bits per heavy atom. The first-order chi connectivity index (χ1) is 10.1. The highest BCUT2D eigenvalue weighted by Gasteiger charge is 2.37. The van der Waals surface area contributed by atoms with Crippen LogP contribution in [0.5, 0.6) is 5.75 Å². The molecule has 1 unspecified atom stereocenters. The number of aromatic nitrogens is 2. The lowest BCUT2D eigenvalue weighted by Gasteiger charge is -2.38. The predicted molar refractivity (Wildman–Crippen MR) is 88.2 cm³/mol. The Bertz CT molecular complexity index is 860. The summed E-state index contributed by atoms with van der Waals surface area (Å²) in [7, 11) is 0. The number of rotatable bonds is 0. The van der Waals surface area contributed by atoms with Gasteiger partial charge in [0, 0.05) is 28.7 Å². The van der Waals surface area contributed by atoms with Gasteiger partial charge in [0.1, 0.15) is 11.4 Å². The van der Waals surface area contributed by atoms with E-state index in [1.807, 2.05) is 12.1 Å². The van der Waals surface area contributed by atoms with Crippen LogP contribution in [0.4, 0.5) is 0 Å². The van der Waals surface area contributed by atoms with Gasteiger partial charge in [0.05, 0.1) is 15.9 Å². The molecule has 0 aliphatic carbocycles. The second-order valence-corrected chi connectivity index (χ2v) is 7.09. The maximum atomic E-state index is 6.34. The Labute approximate surface area is 131 Å². The number of benzene rings is 2. The van der Waals surface area contributed by atoms with E-state index in [1.54, 1.807) is 12.4 Å². The number of fused-ring (bicyclic) bond motifs is 6. The van der Waals surface area contributed by atoms with Gasteiger partial charge < -0.3 is 4.74 Å². The van der Waals surface area contributed by atoms with Crippen LogP contribution in [0.3, 0.4) is 0 Å². The fourth-order valence-corrected chi connectivity index (χ4v) is 3.39. The average molecular weight is 343 g/mol. The van der Waals surface area contributed by atoms with E-state index in [1.165, 1.54) is 0 Å². The SMILES string of the molecule is CC1(C)Oc2c(c3nccnc3c3ccccc23)CC1Br. The van der Waals surface area contributed by atoms with Gasteiger partial charge >= 0.3 is 0 Å². The molecule has 21 heavy (non-hydrogen) atoms. The van der Waals surface area contributed by atoms with Crippen molar-refractivity contribution in [3.63, 3.8) is 0 Å². The molecule has 3 aromatic rings. The van der Waals surface area contributed by atoms with Crippen molar-refractivity contribution in [2.24, 2.45) is 0 Å². The lowest BCUT2D eigenvalue weighted by Crippen LogP contribution is -2.43. The number of ether oxygens (including phenoxy) is 1. The van der Waals surface area contributed by atoms with E-state index < -0.39 is 0 Å². The first-order valence-electron chi connectivity index (χ1n) is 7.05. The van der Waals surface area contributed by atoms with Crippen LogP contribution in [0, 0.1) is 0 Å². The molecule has 0 saturated carbocycles. The van der Waals surface area contributed by atoms with E-state index in [9.17, 15) is 0 Å². The lowest BCUT2D eigenvalue weighted by atomic mass is 9.90. The summed E-state index contributed by atoms with van der Waals surface area (Å²) in [5.41, 5.74) is 2.81. The van der Waals surface area contributed by atoms with Gasteiger partial charge in [-0.1, -0.05) is 40.2 Å². The molecule has 0 fully saturated rings. The quantitative estimate of drug-likeness (QED) is 0.452. The van der Waals surface area contributed by atoms with Crippen LogP contribution in [0.2, 0.25) is 0 Å². The van der Waals surface area contributed by atoms with Crippen molar-refractivity contribution < 1.29 is 4.74 Å². The normalized spacial score (nSPS) is 20.2. The average Bonchev–Trinajstić information content (AvgIpc) is 2.49. The van der Waals surface area contributed by atoms with E-state index >= 15 is 0 Å². The molecule has 1 aliphatic rings. The highest BCUT2D eigenvalue weighted by atomic mass is 79.9. The van der Waals surface area contributed by atoms with E-state index in [-0.39, 0.29) is 10.4 Å². The van der Waals surface area contributed by atoms with E-state index in [4.69, 9.17) is 4.74 Å². The summed E-state index contributed by atoms with van der Waals surface area (Å²) in [4.78, 5) is 9.36. The molecule has 2 aromatic carbocycles. The number of halogens is 1. The summed E-state index contributed by atoms with van der Waals surface area (Å²) in [6, 6.07) is 8.27. The van der Waals surface area contributed by atoms with Crippen LogP contribution in [0.25, 0.3) is 21.8 Å². The molecule has 2 heterocycles. The summed E-state index contributed by atoms with van der Waals surface area (Å²) in [5, 5.41) is 2.22. The summed E-state index contributed by atoms with van der Waals surface area (Å²) < 4.78 is 6.34. The first-order valence-corrected chi connectivity index (χ1v) is 7.97. The topological polar surface area (TPSA) is 35.0 Å². The third kappa shape index (κ3) is 1.85. The third-order valence-electron chi connectivity index (χ3n) is 4.19. The number of nitrogens with zero attached hydrogens (tertiary/aromatic N) is 2. The standard InChI is InChI=1S/C17H15BrN2O/c1-17(2)13(18)9-12-15-14(19-7-8-20-15)10-5-3-4-6-11(10)16(12)21-17/h3-8,13H,9H2,1-2H3. The molecule has 0 radical (unpaired) electrons. The highest BCUT2D eigenvalue weighted by Crippen LogP contribution is 2.44. The van der Waals surface area contributed by atoms with Gasteiger partial charge in [-0.05, 0) is 20.3 Å². The molecule has 1 aliphatic heterocycles. The molecule has 0 saturated heterocycles. The fourth-order valence-electron chi connectivity index (χ4n) is 2.97. The zero-order valence-corrected chi connectivity index (χ0v) is 13.5. The number of hydrogen-bond acceptors (Lipinski definition) is 3. The molecule has 1 aromatic heterocycles. The van der Waals surface area contributed by atoms with Gasteiger partial charge in [0.2, 0.25) is 0 Å². The molecule has 0 bridgehead atoms. The minimum Gasteiger partial charge on any atom is -0.486 e. The van der Waals surface area contributed by atoms with Crippen molar-refractivity contribution in [3.8, 4) is 5.75 Å². The highest BCUT2D eigenvalue weighted by molar-refractivity contribution is 9.09. The largest absolute Gasteiger partial charge is 0.486 e. The van der Waals surface area contributed by atoms with E-state index in [2.05, 4.69) is 51.9 Å². The molecule has 4 rings (SSSR count). The van der Waals surface area contributed by atoms with Crippen LogP contribution in [-0.2, 0) is 6.42 Å². The second kappa shape index (κ2) is 4.41. The van der Waals surface area contributed by atoms with E-state index in [0.717, 1.165) is 39.5 Å². The smallest absolute Gasteiger partial charge is 0.133 e. The van der Waals surface area contributed by atoms with Crippen molar-refractivity contribution in [3.05, 3.63) is 42.2 Å². The van der Waals surface area contributed by atoms with E-state index in [0.29, 0.717) is 0 Å². The molecule has 0 N–H and O–H groups in total. The molecule has 1 atom stereocenters. The summed E-state index contributed by atoms with van der Waals surface area (Å²) in [6.07, 6.45) is 4.39. The number of hydrogen-bond donors (Lipinski definition) is 0. The molecule has 0 amide bonds. The minimum absolute atomic E-state index is 0.244. The van der Waals surface area contributed by atoms with Gasteiger partial charge in [0.15, 0.2) is 0 Å². The van der Waals surface area contributed by atoms with Gasteiger partial charge in [0.25, 0.3) is 0 Å². The van der Waals surface area contributed by atoms with Crippen molar-refractivity contribution in [1.82, 2.24) is 9.97 Å². The molecule has 4 heteroatoms. The summed E-state index contributed by atoms with van der Waals surface area (Å²) in [5.74, 6) is 0.958. The molecule has 0 spiro atoms. The van der Waals surface area contributed by atoms with Gasteiger partial charge in [-0.15, -0.1) is 0 Å². The number of alkyl halides is 1. The van der Waals surface area contributed by atoms with Crippen molar-refractivity contribution in [1.29, 1.82) is 0 Å². The van der Waals surface area contributed by atoms with Crippen LogP contribution < -0.4 is 4.74 Å². The molecule has 106 valence electrons. The monoisotopic (exact) mass is 342 g/mol. The summed E-state index contributed by atoms with van der Waals surface area (Å²) >= 11 is 3.76. The second-order valence-electron chi connectivity index (χ2n) is 5.98. The van der Waals surface area contributed by atoms with Crippen LogP contribution >= 0.6 is 15.9 Å². The molecule has 3 nitrogen and oxygen atoms in total. The van der Waals surface area contributed by atoms with Crippen molar-refractivity contribution in [2.45, 2.75) is 30.7 Å². The third-order valence-corrected chi connectivity index (χ3v) is 5.61.